The van der Waals surface area contributed by atoms with E-state index in [1.807, 2.05) is 38.4 Å². The third kappa shape index (κ3) is 7.52. The predicted molar refractivity (Wildman–Crippen MR) is 81.7 cm³/mol. The van der Waals surface area contributed by atoms with Crippen LogP contribution in [0.2, 0.25) is 0 Å². The SMILES string of the molecule is CC(CN(C)C)NCC(O)COc1cccc(Br)c1. The van der Waals surface area contributed by atoms with Crippen molar-refractivity contribution in [3.63, 3.8) is 0 Å². The fourth-order valence-electron chi connectivity index (χ4n) is 1.76. The van der Waals surface area contributed by atoms with Gasteiger partial charge in [-0.25, -0.2) is 0 Å². The first-order valence-electron chi connectivity index (χ1n) is 6.42. The zero-order chi connectivity index (χ0) is 14.3. The molecular formula is C14H23BrN2O2. The first-order chi connectivity index (χ1) is 8.97. The number of nitrogens with one attached hydrogen (secondary N) is 1. The van der Waals surface area contributed by atoms with Crippen molar-refractivity contribution in [2.45, 2.75) is 19.1 Å². The molecule has 0 aliphatic heterocycles. The van der Waals surface area contributed by atoms with Crippen LogP contribution in [-0.4, -0.2) is 55.9 Å². The Morgan fingerprint density at radius 1 is 1.42 bits per heavy atom. The smallest absolute Gasteiger partial charge is 0.120 e. The van der Waals surface area contributed by atoms with E-state index >= 15 is 0 Å². The normalized spacial score (nSPS) is 14.4. The highest BCUT2D eigenvalue weighted by Crippen LogP contribution is 2.17. The highest BCUT2D eigenvalue weighted by molar-refractivity contribution is 9.10. The van der Waals surface area contributed by atoms with Gasteiger partial charge < -0.3 is 20.1 Å². The number of benzene rings is 1. The Bertz CT molecular complexity index is 374. The number of ether oxygens (including phenoxy) is 1. The summed E-state index contributed by atoms with van der Waals surface area (Å²) in [5.74, 6) is 0.759. The highest BCUT2D eigenvalue weighted by Gasteiger charge is 2.08. The Morgan fingerprint density at radius 2 is 2.16 bits per heavy atom. The Kier molecular flexibility index (Phi) is 7.38. The maximum atomic E-state index is 9.85. The van der Waals surface area contributed by atoms with Crippen molar-refractivity contribution in [2.24, 2.45) is 0 Å². The van der Waals surface area contributed by atoms with E-state index in [1.54, 1.807) is 0 Å². The van der Waals surface area contributed by atoms with Crippen LogP contribution in [0.15, 0.2) is 28.7 Å². The van der Waals surface area contributed by atoms with Gasteiger partial charge in [0, 0.05) is 23.6 Å². The standard InChI is InChI=1S/C14H23BrN2O2/c1-11(9-17(2)3)16-8-13(18)10-19-14-6-4-5-12(15)7-14/h4-7,11,13,16,18H,8-10H2,1-3H3. The van der Waals surface area contributed by atoms with E-state index in [1.165, 1.54) is 0 Å². The largest absolute Gasteiger partial charge is 0.491 e. The molecule has 1 aromatic rings. The minimum Gasteiger partial charge on any atom is -0.491 e. The van der Waals surface area contributed by atoms with Crippen molar-refractivity contribution in [3.8, 4) is 5.75 Å². The molecule has 2 atom stereocenters. The van der Waals surface area contributed by atoms with E-state index in [9.17, 15) is 5.11 Å². The zero-order valence-electron chi connectivity index (χ0n) is 11.8. The average Bonchev–Trinajstić information content (AvgIpc) is 2.33. The Balaban J connectivity index is 2.22. The van der Waals surface area contributed by atoms with Crippen LogP contribution in [-0.2, 0) is 0 Å². The zero-order valence-corrected chi connectivity index (χ0v) is 13.4. The molecule has 0 amide bonds. The molecule has 19 heavy (non-hydrogen) atoms. The number of rotatable bonds is 8. The number of halogens is 1. The van der Waals surface area contributed by atoms with Crippen LogP contribution >= 0.6 is 15.9 Å². The van der Waals surface area contributed by atoms with Crippen molar-refractivity contribution >= 4 is 15.9 Å². The predicted octanol–water partition coefficient (Wildman–Crippen LogP) is 1.73. The van der Waals surface area contributed by atoms with Gasteiger partial charge in [-0.15, -0.1) is 0 Å². The lowest BCUT2D eigenvalue weighted by molar-refractivity contribution is 0.103. The molecule has 0 saturated carbocycles. The molecule has 0 fully saturated rings. The molecule has 108 valence electrons. The maximum absolute atomic E-state index is 9.85. The lowest BCUT2D eigenvalue weighted by atomic mass is 10.3. The molecule has 0 radical (unpaired) electrons. The van der Waals surface area contributed by atoms with Gasteiger partial charge in [0.1, 0.15) is 18.5 Å². The number of likely N-dealkylation sites (N-methyl/N-ethyl adjacent to an activating group) is 1. The second kappa shape index (κ2) is 8.53. The molecule has 0 saturated heterocycles. The Labute approximate surface area is 123 Å². The molecule has 0 bridgehead atoms. The van der Waals surface area contributed by atoms with Crippen molar-refractivity contribution in [2.75, 3.05) is 33.8 Å². The third-order valence-corrected chi connectivity index (χ3v) is 3.07. The molecule has 0 spiro atoms. The molecular weight excluding hydrogens is 308 g/mol. The van der Waals surface area contributed by atoms with Gasteiger partial charge >= 0.3 is 0 Å². The quantitative estimate of drug-likeness (QED) is 0.762. The molecule has 1 aromatic carbocycles. The summed E-state index contributed by atoms with van der Waals surface area (Å²) >= 11 is 3.38. The number of hydrogen-bond donors (Lipinski definition) is 2. The summed E-state index contributed by atoms with van der Waals surface area (Å²) in [4.78, 5) is 2.11. The minimum atomic E-state index is -0.511. The van der Waals surface area contributed by atoms with Crippen molar-refractivity contribution < 1.29 is 9.84 Å². The number of hydrogen-bond acceptors (Lipinski definition) is 4. The van der Waals surface area contributed by atoms with Gasteiger partial charge in [-0.3, -0.25) is 0 Å². The second-order valence-electron chi connectivity index (χ2n) is 4.99. The monoisotopic (exact) mass is 330 g/mol. The topological polar surface area (TPSA) is 44.7 Å². The van der Waals surface area contributed by atoms with E-state index in [0.29, 0.717) is 12.6 Å². The number of aliphatic hydroxyl groups is 1. The van der Waals surface area contributed by atoms with E-state index in [-0.39, 0.29) is 6.61 Å². The van der Waals surface area contributed by atoms with Gasteiger partial charge in [0.25, 0.3) is 0 Å². The van der Waals surface area contributed by atoms with Crippen LogP contribution in [0.3, 0.4) is 0 Å². The lowest BCUT2D eigenvalue weighted by Gasteiger charge is -2.20. The van der Waals surface area contributed by atoms with E-state index < -0.39 is 6.10 Å². The molecule has 2 unspecified atom stereocenters. The minimum absolute atomic E-state index is 0.290. The first-order valence-corrected chi connectivity index (χ1v) is 7.21. The van der Waals surface area contributed by atoms with E-state index in [2.05, 4.69) is 33.1 Å². The van der Waals surface area contributed by atoms with Gasteiger partial charge in [0.2, 0.25) is 0 Å². The highest BCUT2D eigenvalue weighted by atomic mass is 79.9. The maximum Gasteiger partial charge on any atom is 0.120 e. The van der Waals surface area contributed by atoms with E-state index in [4.69, 9.17) is 4.74 Å². The molecule has 0 heterocycles. The molecule has 2 N–H and O–H groups in total. The Hall–Kier alpha value is -0.620. The fraction of sp³-hybridized carbons (Fsp3) is 0.571. The van der Waals surface area contributed by atoms with Gasteiger partial charge in [-0.2, -0.15) is 0 Å². The second-order valence-corrected chi connectivity index (χ2v) is 5.91. The first kappa shape index (κ1) is 16.4. The van der Waals surface area contributed by atoms with Gasteiger partial charge in [-0.05, 0) is 39.2 Å². The van der Waals surface area contributed by atoms with E-state index in [0.717, 1.165) is 16.8 Å². The van der Waals surface area contributed by atoms with Crippen LogP contribution in [0.25, 0.3) is 0 Å². The van der Waals surface area contributed by atoms with Gasteiger partial charge in [-0.1, -0.05) is 22.0 Å². The summed E-state index contributed by atoms with van der Waals surface area (Å²) in [5, 5.41) is 13.1. The molecule has 0 aliphatic rings. The van der Waals surface area contributed by atoms with Gasteiger partial charge in [0.05, 0.1) is 0 Å². The number of aliphatic hydroxyl groups excluding tert-OH is 1. The summed E-state index contributed by atoms with van der Waals surface area (Å²) < 4.78 is 6.50. The van der Waals surface area contributed by atoms with Crippen LogP contribution < -0.4 is 10.1 Å². The van der Waals surface area contributed by atoms with Crippen molar-refractivity contribution in [1.29, 1.82) is 0 Å². The molecule has 1 rings (SSSR count). The van der Waals surface area contributed by atoms with Crippen LogP contribution in [0, 0.1) is 0 Å². The van der Waals surface area contributed by atoms with Gasteiger partial charge in [0.15, 0.2) is 0 Å². The summed E-state index contributed by atoms with van der Waals surface area (Å²) in [6.07, 6.45) is -0.511. The average molecular weight is 331 g/mol. The fourth-order valence-corrected chi connectivity index (χ4v) is 2.14. The molecule has 5 heteroatoms. The molecule has 4 nitrogen and oxygen atoms in total. The van der Waals surface area contributed by atoms with Crippen LogP contribution in [0.5, 0.6) is 5.75 Å². The summed E-state index contributed by atoms with van der Waals surface area (Å²) in [7, 11) is 4.07. The lowest BCUT2D eigenvalue weighted by Crippen LogP contribution is -2.41. The van der Waals surface area contributed by atoms with Crippen LogP contribution in [0.1, 0.15) is 6.92 Å². The summed E-state index contributed by atoms with van der Waals surface area (Å²) in [5.41, 5.74) is 0. The van der Waals surface area contributed by atoms with Crippen LogP contribution in [0.4, 0.5) is 0 Å². The third-order valence-electron chi connectivity index (χ3n) is 2.58. The van der Waals surface area contributed by atoms with Crippen molar-refractivity contribution in [1.82, 2.24) is 10.2 Å². The van der Waals surface area contributed by atoms with Crippen molar-refractivity contribution in [3.05, 3.63) is 28.7 Å². The Morgan fingerprint density at radius 3 is 2.79 bits per heavy atom. The molecule has 0 aromatic heterocycles. The number of nitrogens with zero attached hydrogens (tertiary/aromatic N) is 1. The summed E-state index contributed by atoms with van der Waals surface area (Å²) in [6, 6.07) is 7.95. The molecule has 0 aliphatic carbocycles. The summed E-state index contributed by atoms with van der Waals surface area (Å²) in [6.45, 7) is 3.86.